The van der Waals surface area contributed by atoms with Gasteiger partial charge in [0.2, 0.25) is 5.91 Å². The number of amides is 3. The molecule has 4 rings (SSSR count). The van der Waals surface area contributed by atoms with E-state index in [1.165, 1.54) is 0 Å². The second kappa shape index (κ2) is 10.6. The number of hydrogen-bond acceptors (Lipinski definition) is 5. The van der Waals surface area contributed by atoms with Gasteiger partial charge in [-0.2, -0.15) is 5.10 Å². The highest BCUT2D eigenvalue weighted by atomic mass is 16.5. The van der Waals surface area contributed by atoms with Gasteiger partial charge in [0.15, 0.2) is 0 Å². The molecule has 0 saturated carbocycles. The molecule has 1 aromatic carbocycles. The Morgan fingerprint density at radius 2 is 1.82 bits per heavy atom. The smallest absolute Gasteiger partial charge is 0.324 e. The minimum atomic E-state index is -0.372. The monoisotopic (exact) mass is 448 g/mol. The first-order valence-electron chi connectivity index (χ1n) is 11.1. The van der Waals surface area contributed by atoms with Gasteiger partial charge in [-0.3, -0.25) is 15.1 Å². The lowest BCUT2D eigenvalue weighted by molar-refractivity contribution is -0.132. The fraction of sp³-hybridized carbons (Fsp3) is 0.333. The Kier molecular flexibility index (Phi) is 7.19. The van der Waals surface area contributed by atoms with Crippen molar-refractivity contribution in [3.05, 3.63) is 66.6 Å². The van der Waals surface area contributed by atoms with Crippen LogP contribution in [0.3, 0.4) is 0 Å². The molecule has 3 aromatic rings. The molecule has 3 amide bonds. The van der Waals surface area contributed by atoms with Crippen LogP contribution in [0.4, 0.5) is 16.3 Å². The van der Waals surface area contributed by atoms with Gasteiger partial charge < -0.3 is 15.0 Å². The average molecular weight is 449 g/mol. The first kappa shape index (κ1) is 22.3. The molecule has 0 spiro atoms. The predicted octanol–water partition coefficient (Wildman–Crippen LogP) is 3.73. The molecule has 2 aromatic heterocycles. The lowest BCUT2D eigenvalue weighted by Crippen LogP contribution is -2.39. The van der Waals surface area contributed by atoms with Gasteiger partial charge in [0.05, 0.1) is 25.0 Å². The number of urea groups is 1. The summed E-state index contributed by atoms with van der Waals surface area (Å²) in [5.41, 5.74) is 1.51. The molecule has 9 nitrogen and oxygen atoms in total. The molecule has 2 N–H and O–H groups in total. The van der Waals surface area contributed by atoms with Crippen molar-refractivity contribution in [2.24, 2.45) is 0 Å². The Hall–Kier alpha value is -3.88. The first-order valence-corrected chi connectivity index (χ1v) is 11.1. The van der Waals surface area contributed by atoms with Crippen LogP contribution in [0.5, 0.6) is 5.75 Å². The molecule has 1 saturated heterocycles. The lowest BCUT2D eigenvalue weighted by atomic mass is 10.0. The summed E-state index contributed by atoms with van der Waals surface area (Å²) < 4.78 is 7.11. The highest BCUT2D eigenvalue weighted by Gasteiger charge is 2.25. The number of anilines is 2. The Morgan fingerprint density at radius 1 is 1.03 bits per heavy atom. The van der Waals surface area contributed by atoms with E-state index in [1.807, 2.05) is 39.9 Å². The Balaban J connectivity index is 1.29. The van der Waals surface area contributed by atoms with Crippen molar-refractivity contribution in [3.63, 3.8) is 0 Å². The molecule has 0 aliphatic carbocycles. The normalized spacial score (nSPS) is 14.0. The van der Waals surface area contributed by atoms with Gasteiger partial charge >= 0.3 is 6.03 Å². The van der Waals surface area contributed by atoms with Gasteiger partial charge in [-0.15, -0.1) is 0 Å². The van der Waals surface area contributed by atoms with E-state index >= 15 is 0 Å². The number of aryl methyl sites for hydroxylation is 1. The third-order valence-corrected chi connectivity index (χ3v) is 5.75. The second-order valence-electron chi connectivity index (χ2n) is 7.87. The number of carbonyl (C=O) groups excluding carboxylic acids is 2. The van der Waals surface area contributed by atoms with E-state index in [4.69, 9.17) is 4.74 Å². The number of nitrogens with one attached hydrogen (secondary N) is 2. The molecule has 172 valence electrons. The van der Waals surface area contributed by atoms with Crippen LogP contribution in [0.2, 0.25) is 0 Å². The average Bonchev–Trinajstić information content (AvgIpc) is 3.31. The van der Waals surface area contributed by atoms with E-state index in [2.05, 4.69) is 20.7 Å². The molecular formula is C24H28N6O3. The quantitative estimate of drug-likeness (QED) is 0.574. The molecule has 9 heteroatoms. The number of aromatic nitrogens is 3. The summed E-state index contributed by atoms with van der Waals surface area (Å²) in [5, 5.41) is 10.1. The third kappa shape index (κ3) is 5.68. The van der Waals surface area contributed by atoms with Crippen molar-refractivity contribution in [1.29, 1.82) is 0 Å². The van der Waals surface area contributed by atoms with Crippen LogP contribution < -0.4 is 15.4 Å². The number of carbonyl (C=O) groups is 2. The highest BCUT2D eigenvalue weighted by molar-refractivity contribution is 6.00. The fourth-order valence-corrected chi connectivity index (χ4v) is 4.02. The third-order valence-electron chi connectivity index (χ3n) is 5.75. The van der Waals surface area contributed by atoms with Gasteiger partial charge in [0, 0.05) is 37.5 Å². The number of methoxy groups -OCH3 is 1. The van der Waals surface area contributed by atoms with Gasteiger partial charge in [0.25, 0.3) is 0 Å². The summed E-state index contributed by atoms with van der Waals surface area (Å²) in [6, 6.07) is 14.5. The number of likely N-dealkylation sites (tertiary alicyclic amines) is 1. The van der Waals surface area contributed by atoms with Crippen LogP contribution >= 0.6 is 0 Å². The SMILES string of the molecule is COc1ccccc1NC(=O)Nc1ccnn1C1CCN(C(=O)CCc2ccccn2)CC1. The van der Waals surface area contributed by atoms with E-state index < -0.39 is 0 Å². The van der Waals surface area contributed by atoms with Crippen molar-refractivity contribution >= 4 is 23.4 Å². The van der Waals surface area contributed by atoms with E-state index in [-0.39, 0.29) is 18.0 Å². The van der Waals surface area contributed by atoms with Crippen LogP contribution in [-0.4, -0.2) is 51.8 Å². The zero-order chi connectivity index (χ0) is 23.0. The summed E-state index contributed by atoms with van der Waals surface area (Å²) in [5.74, 6) is 1.35. The fourth-order valence-electron chi connectivity index (χ4n) is 4.02. The van der Waals surface area contributed by atoms with Gasteiger partial charge in [-0.25, -0.2) is 9.48 Å². The topological polar surface area (TPSA) is 101 Å². The van der Waals surface area contributed by atoms with Crippen LogP contribution in [-0.2, 0) is 11.2 Å². The van der Waals surface area contributed by atoms with Crippen LogP contribution in [0.25, 0.3) is 0 Å². The molecule has 0 atom stereocenters. The van der Waals surface area contributed by atoms with Gasteiger partial charge in [-0.05, 0) is 43.5 Å². The molecule has 1 fully saturated rings. The van der Waals surface area contributed by atoms with Crippen molar-refractivity contribution in [2.45, 2.75) is 31.7 Å². The molecule has 1 aliphatic rings. The lowest BCUT2D eigenvalue weighted by Gasteiger charge is -2.32. The number of ether oxygens (including phenoxy) is 1. The van der Waals surface area contributed by atoms with Crippen molar-refractivity contribution in [3.8, 4) is 5.75 Å². The zero-order valence-electron chi connectivity index (χ0n) is 18.6. The van der Waals surface area contributed by atoms with Gasteiger partial charge in [-0.1, -0.05) is 18.2 Å². The second-order valence-corrected chi connectivity index (χ2v) is 7.87. The molecule has 1 aliphatic heterocycles. The molecule has 0 bridgehead atoms. The van der Waals surface area contributed by atoms with Crippen molar-refractivity contribution in [1.82, 2.24) is 19.7 Å². The van der Waals surface area contributed by atoms with E-state index in [9.17, 15) is 9.59 Å². The number of hydrogen-bond donors (Lipinski definition) is 2. The standard InChI is InChI=1S/C24H28N6O3/c1-33-21-8-3-2-7-20(21)27-24(32)28-22-11-15-26-30(22)19-12-16-29(17-13-19)23(31)10-9-18-6-4-5-14-25-18/h2-8,11,14-15,19H,9-10,12-13,16-17H2,1H3,(H2,27,28,32). The number of para-hydroxylation sites is 2. The number of piperidine rings is 1. The predicted molar refractivity (Wildman–Crippen MR) is 125 cm³/mol. The maximum atomic E-state index is 12.6. The first-order chi connectivity index (χ1) is 16.1. The summed E-state index contributed by atoms with van der Waals surface area (Å²) in [6.45, 7) is 1.33. The van der Waals surface area contributed by atoms with Crippen LogP contribution in [0.1, 0.15) is 31.0 Å². The molecule has 33 heavy (non-hydrogen) atoms. The van der Waals surface area contributed by atoms with E-state index in [0.29, 0.717) is 43.2 Å². The number of pyridine rings is 1. The van der Waals surface area contributed by atoms with Gasteiger partial charge in [0.1, 0.15) is 11.6 Å². The molecule has 3 heterocycles. The molecule has 0 radical (unpaired) electrons. The number of rotatable bonds is 7. The summed E-state index contributed by atoms with van der Waals surface area (Å²) in [7, 11) is 1.56. The van der Waals surface area contributed by atoms with Crippen LogP contribution in [0.15, 0.2) is 60.9 Å². The summed E-state index contributed by atoms with van der Waals surface area (Å²) in [6.07, 6.45) is 6.08. The zero-order valence-corrected chi connectivity index (χ0v) is 18.6. The Bertz CT molecular complexity index is 1080. The van der Waals surface area contributed by atoms with E-state index in [0.717, 1.165) is 18.5 Å². The van der Waals surface area contributed by atoms with Crippen molar-refractivity contribution < 1.29 is 14.3 Å². The highest BCUT2D eigenvalue weighted by Crippen LogP contribution is 2.27. The number of benzene rings is 1. The molecular weight excluding hydrogens is 420 g/mol. The largest absolute Gasteiger partial charge is 0.495 e. The Morgan fingerprint density at radius 3 is 2.58 bits per heavy atom. The van der Waals surface area contributed by atoms with E-state index in [1.54, 1.807) is 37.7 Å². The summed E-state index contributed by atoms with van der Waals surface area (Å²) in [4.78, 5) is 31.3. The minimum absolute atomic E-state index is 0.112. The van der Waals surface area contributed by atoms with Crippen LogP contribution in [0, 0.1) is 0 Å². The molecule has 0 unspecified atom stereocenters. The minimum Gasteiger partial charge on any atom is -0.495 e. The maximum Gasteiger partial charge on any atom is 0.324 e. The number of nitrogens with zero attached hydrogens (tertiary/aromatic N) is 4. The Labute approximate surface area is 192 Å². The van der Waals surface area contributed by atoms with Crippen molar-refractivity contribution in [2.75, 3.05) is 30.8 Å². The maximum absolute atomic E-state index is 12.6. The summed E-state index contributed by atoms with van der Waals surface area (Å²) >= 11 is 0.